The molecule has 6 nitrogen and oxygen atoms in total. The van der Waals surface area contributed by atoms with E-state index < -0.39 is 0 Å². The highest BCUT2D eigenvalue weighted by atomic mass is 32.1. The maximum absolute atomic E-state index is 12.6. The molecule has 0 aliphatic heterocycles. The number of hydrogen-bond donors (Lipinski definition) is 3. The first kappa shape index (κ1) is 21.7. The van der Waals surface area contributed by atoms with E-state index in [1.165, 1.54) is 0 Å². The Kier molecular flexibility index (Phi) is 7.32. The van der Waals surface area contributed by atoms with Gasteiger partial charge in [0.2, 0.25) is 5.91 Å². The maximum Gasteiger partial charge on any atom is 0.223 e. The number of benzene rings is 2. The third kappa shape index (κ3) is 5.75. The molecule has 2 aromatic carbocycles. The number of aromatic nitrogens is 1. The van der Waals surface area contributed by atoms with E-state index in [1.54, 1.807) is 6.20 Å². The third-order valence-electron chi connectivity index (χ3n) is 4.79. The topological polar surface area (TPSA) is 69.3 Å². The summed E-state index contributed by atoms with van der Waals surface area (Å²) in [5.74, 6) is -0.0489. The van der Waals surface area contributed by atoms with Crippen molar-refractivity contribution in [3.8, 4) is 0 Å². The van der Waals surface area contributed by atoms with Crippen molar-refractivity contribution in [2.45, 2.75) is 25.6 Å². The quantitative estimate of drug-likeness (QED) is 0.399. The molecule has 0 fully saturated rings. The van der Waals surface area contributed by atoms with Gasteiger partial charge in [-0.05, 0) is 50.9 Å². The van der Waals surface area contributed by atoms with Crippen LogP contribution in [-0.4, -0.2) is 41.2 Å². The molecule has 1 amide bonds. The number of amides is 1. The van der Waals surface area contributed by atoms with Crippen molar-refractivity contribution in [2.75, 3.05) is 19.4 Å². The highest BCUT2D eigenvalue weighted by Crippen LogP contribution is 2.22. The molecule has 30 heavy (non-hydrogen) atoms. The summed E-state index contributed by atoms with van der Waals surface area (Å²) in [5.41, 5.74) is 2.78. The van der Waals surface area contributed by atoms with Crippen molar-refractivity contribution >= 4 is 39.8 Å². The van der Waals surface area contributed by atoms with Gasteiger partial charge >= 0.3 is 0 Å². The Hall–Kier alpha value is -3.03. The first-order valence-corrected chi connectivity index (χ1v) is 10.3. The van der Waals surface area contributed by atoms with Gasteiger partial charge in [-0.25, -0.2) is 0 Å². The number of thiocarbonyl (C=S) groups is 1. The largest absolute Gasteiger partial charge is 0.343 e. The average molecular weight is 422 g/mol. The number of nitrogens with one attached hydrogen (secondary N) is 3. The van der Waals surface area contributed by atoms with Gasteiger partial charge < -0.3 is 20.9 Å². The highest BCUT2D eigenvalue weighted by molar-refractivity contribution is 7.80. The number of carbonyl (C=O) groups excluding carboxylic acids is 1. The number of nitrogens with zero attached hydrogens (tertiary/aromatic N) is 2. The van der Waals surface area contributed by atoms with E-state index in [4.69, 9.17) is 12.2 Å². The second-order valence-electron chi connectivity index (χ2n) is 7.36. The zero-order valence-electron chi connectivity index (χ0n) is 17.4. The van der Waals surface area contributed by atoms with Crippen LogP contribution in [0.3, 0.4) is 0 Å². The molecule has 1 heterocycles. The van der Waals surface area contributed by atoms with Gasteiger partial charge in [0.15, 0.2) is 5.11 Å². The van der Waals surface area contributed by atoms with Crippen LogP contribution in [0.1, 0.15) is 24.9 Å². The van der Waals surface area contributed by atoms with Crippen LogP contribution in [0.15, 0.2) is 66.9 Å². The Balaban J connectivity index is 1.56. The molecule has 0 spiro atoms. The summed E-state index contributed by atoms with van der Waals surface area (Å²) >= 11 is 5.42. The van der Waals surface area contributed by atoms with Gasteiger partial charge in [0, 0.05) is 24.0 Å². The van der Waals surface area contributed by atoms with Crippen molar-refractivity contribution in [2.24, 2.45) is 0 Å². The molecule has 156 valence electrons. The SMILES string of the molecule is CC(NC(=O)CC(c1ccccc1)N(C)C)NC(=S)Nc1cccc2cccnc12. The Morgan fingerprint density at radius 2 is 1.77 bits per heavy atom. The van der Waals surface area contributed by atoms with Crippen LogP contribution in [0.5, 0.6) is 0 Å². The third-order valence-corrected chi connectivity index (χ3v) is 5.01. The lowest BCUT2D eigenvalue weighted by Gasteiger charge is -2.25. The standard InChI is InChI=1S/C23H27N5OS/c1-16(25-21(29)15-20(28(2)3)17-9-5-4-6-10-17)26-23(30)27-19-13-7-11-18-12-8-14-24-22(18)19/h4-14,16,20H,15H2,1-3H3,(H,25,29)(H2,26,27,30). The zero-order valence-corrected chi connectivity index (χ0v) is 18.2. The van der Waals surface area contributed by atoms with Gasteiger partial charge in [0.25, 0.3) is 0 Å². The lowest BCUT2D eigenvalue weighted by atomic mass is 10.0. The van der Waals surface area contributed by atoms with Crippen molar-refractivity contribution in [3.63, 3.8) is 0 Å². The van der Waals surface area contributed by atoms with Crippen molar-refractivity contribution in [1.82, 2.24) is 20.5 Å². The Morgan fingerprint density at radius 3 is 2.50 bits per heavy atom. The monoisotopic (exact) mass is 421 g/mol. The lowest BCUT2D eigenvalue weighted by Crippen LogP contribution is -2.47. The summed E-state index contributed by atoms with van der Waals surface area (Å²) in [4.78, 5) is 19.1. The summed E-state index contributed by atoms with van der Waals surface area (Å²) < 4.78 is 0. The number of pyridine rings is 1. The molecule has 2 atom stereocenters. The molecule has 1 aromatic heterocycles. The number of fused-ring (bicyclic) bond motifs is 1. The Labute approximate surface area is 182 Å². The minimum atomic E-state index is -0.320. The fourth-order valence-electron chi connectivity index (χ4n) is 3.35. The zero-order chi connectivity index (χ0) is 21.5. The van der Waals surface area contributed by atoms with E-state index in [2.05, 4.69) is 20.9 Å². The molecule has 2 unspecified atom stereocenters. The van der Waals surface area contributed by atoms with Gasteiger partial charge in [0.05, 0.1) is 17.4 Å². The van der Waals surface area contributed by atoms with Gasteiger partial charge in [0.1, 0.15) is 0 Å². The fourth-order valence-corrected chi connectivity index (χ4v) is 3.63. The van der Waals surface area contributed by atoms with Crippen LogP contribution in [0.4, 0.5) is 5.69 Å². The van der Waals surface area contributed by atoms with E-state index in [9.17, 15) is 4.79 Å². The van der Waals surface area contributed by atoms with Crippen LogP contribution < -0.4 is 16.0 Å². The second-order valence-corrected chi connectivity index (χ2v) is 7.77. The molecule has 3 rings (SSSR count). The molecular formula is C23H27N5OS. The predicted octanol–water partition coefficient (Wildman–Crippen LogP) is 3.68. The summed E-state index contributed by atoms with van der Waals surface area (Å²) in [7, 11) is 3.95. The second kappa shape index (κ2) is 10.1. The Morgan fingerprint density at radius 1 is 1.03 bits per heavy atom. The molecule has 0 saturated heterocycles. The molecule has 3 N–H and O–H groups in total. The van der Waals surface area contributed by atoms with E-state index in [0.29, 0.717) is 11.5 Å². The minimum Gasteiger partial charge on any atom is -0.343 e. The van der Waals surface area contributed by atoms with Crippen LogP contribution in [0, 0.1) is 0 Å². The predicted molar refractivity (Wildman–Crippen MR) is 126 cm³/mol. The molecule has 3 aromatic rings. The smallest absolute Gasteiger partial charge is 0.223 e. The van der Waals surface area contributed by atoms with Crippen molar-refractivity contribution in [1.29, 1.82) is 0 Å². The number of carbonyl (C=O) groups is 1. The molecule has 0 radical (unpaired) electrons. The van der Waals surface area contributed by atoms with E-state index in [0.717, 1.165) is 22.2 Å². The first-order valence-electron chi connectivity index (χ1n) is 9.86. The number of para-hydroxylation sites is 1. The normalized spacial score (nSPS) is 12.9. The van der Waals surface area contributed by atoms with Crippen molar-refractivity contribution < 1.29 is 4.79 Å². The summed E-state index contributed by atoms with van der Waals surface area (Å²) in [6, 6.07) is 19.8. The molecule has 0 saturated carbocycles. The van der Waals surface area contributed by atoms with Crippen LogP contribution in [-0.2, 0) is 4.79 Å². The molecular weight excluding hydrogens is 394 g/mol. The van der Waals surface area contributed by atoms with Crippen LogP contribution >= 0.6 is 12.2 Å². The maximum atomic E-state index is 12.6. The first-order chi connectivity index (χ1) is 14.4. The van der Waals surface area contributed by atoms with Gasteiger partial charge in [-0.15, -0.1) is 0 Å². The van der Waals surface area contributed by atoms with E-state index >= 15 is 0 Å². The van der Waals surface area contributed by atoms with E-state index in [1.807, 2.05) is 86.6 Å². The van der Waals surface area contributed by atoms with Crippen LogP contribution in [0.2, 0.25) is 0 Å². The minimum absolute atomic E-state index is 0.00485. The summed E-state index contributed by atoms with van der Waals surface area (Å²) in [6.07, 6.45) is 1.79. The van der Waals surface area contributed by atoms with Crippen molar-refractivity contribution in [3.05, 3.63) is 72.4 Å². The summed E-state index contributed by atoms with van der Waals surface area (Å²) in [5, 5.41) is 10.7. The Bertz CT molecular complexity index is 1000. The van der Waals surface area contributed by atoms with Crippen LogP contribution in [0.25, 0.3) is 10.9 Å². The van der Waals surface area contributed by atoms with E-state index in [-0.39, 0.29) is 18.1 Å². The molecule has 0 aliphatic carbocycles. The van der Waals surface area contributed by atoms with Gasteiger partial charge in [-0.3, -0.25) is 9.78 Å². The number of rotatable bonds is 7. The fraction of sp³-hybridized carbons (Fsp3) is 0.261. The molecule has 0 bridgehead atoms. The number of anilines is 1. The molecule has 7 heteroatoms. The number of hydrogen-bond acceptors (Lipinski definition) is 4. The molecule has 0 aliphatic rings. The van der Waals surface area contributed by atoms with Gasteiger partial charge in [-0.2, -0.15) is 0 Å². The average Bonchev–Trinajstić information content (AvgIpc) is 2.72. The summed E-state index contributed by atoms with van der Waals surface area (Å²) in [6.45, 7) is 1.86. The highest BCUT2D eigenvalue weighted by Gasteiger charge is 2.19. The van der Waals surface area contributed by atoms with Gasteiger partial charge in [-0.1, -0.05) is 48.5 Å². The lowest BCUT2D eigenvalue weighted by molar-refractivity contribution is -0.122.